The highest BCUT2D eigenvalue weighted by atomic mass is 32.2. The van der Waals surface area contributed by atoms with E-state index < -0.39 is 44.2 Å². The highest BCUT2D eigenvalue weighted by Gasteiger charge is 2.35. The largest absolute Gasteiger partial charge is 0.451 e. The Morgan fingerprint density at radius 1 is 1.14 bits per heavy atom. The van der Waals surface area contributed by atoms with Gasteiger partial charge in [-0.3, -0.25) is 0 Å². The molecule has 0 atom stereocenters. The fraction of sp³-hybridized carbons (Fsp3) is 0.353. The molecule has 0 fully saturated rings. The number of urea groups is 1. The van der Waals surface area contributed by atoms with Gasteiger partial charge in [-0.15, -0.1) is 0 Å². The summed E-state index contributed by atoms with van der Waals surface area (Å²) in [6.07, 6.45) is -3.75. The summed E-state index contributed by atoms with van der Waals surface area (Å²) in [6, 6.07) is 1.88. The van der Waals surface area contributed by atoms with Gasteiger partial charge in [-0.05, 0) is 39.3 Å². The van der Waals surface area contributed by atoms with Crippen LogP contribution in [0.15, 0.2) is 34.0 Å². The van der Waals surface area contributed by atoms with Crippen LogP contribution < -0.4 is 10.0 Å². The van der Waals surface area contributed by atoms with Gasteiger partial charge in [0.05, 0.1) is 23.1 Å². The lowest BCUT2D eigenvalue weighted by Crippen LogP contribution is -2.35. The zero-order chi connectivity index (χ0) is 21.5. The lowest BCUT2D eigenvalue weighted by molar-refractivity contribution is -0.137. The number of amides is 2. The van der Waals surface area contributed by atoms with E-state index in [-0.39, 0.29) is 11.1 Å². The molecule has 2 amide bonds. The Kier molecular flexibility index (Phi) is 5.55. The van der Waals surface area contributed by atoms with Gasteiger partial charge in [0, 0.05) is 11.6 Å². The topological polar surface area (TPSA) is 109 Å². The predicted octanol–water partition coefficient (Wildman–Crippen LogP) is 3.65. The van der Waals surface area contributed by atoms with Crippen LogP contribution in [0.4, 0.5) is 23.7 Å². The number of benzene rings is 1. The number of hydrogen-bond donors (Lipinski definition) is 3. The molecule has 0 bridgehead atoms. The summed E-state index contributed by atoms with van der Waals surface area (Å²) >= 11 is 0. The van der Waals surface area contributed by atoms with E-state index in [0.29, 0.717) is 5.56 Å². The van der Waals surface area contributed by atoms with E-state index in [9.17, 15) is 31.5 Å². The molecular weight excluding hydrogens is 401 g/mol. The van der Waals surface area contributed by atoms with Crippen molar-refractivity contribution in [3.8, 4) is 0 Å². The average Bonchev–Trinajstić information content (AvgIpc) is 2.99. The van der Waals surface area contributed by atoms with Crippen LogP contribution >= 0.6 is 0 Å². The zero-order valence-electron chi connectivity index (χ0n) is 15.4. The van der Waals surface area contributed by atoms with Gasteiger partial charge >= 0.3 is 12.2 Å². The van der Waals surface area contributed by atoms with Crippen molar-refractivity contribution in [3.63, 3.8) is 0 Å². The SMILES string of the molecule is Cc1cc(C)c(NC(=O)NS(=O)(=O)c2cc(C(C)(C)O)co2)c(C(F)(F)F)c1. The number of aryl methyl sites for hydroxylation is 2. The van der Waals surface area contributed by atoms with E-state index in [1.54, 1.807) is 4.72 Å². The van der Waals surface area contributed by atoms with Gasteiger partial charge in [0.2, 0.25) is 5.09 Å². The number of carbonyl (C=O) groups is 1. The first-order valence-electron chi connectivity index (χ1n) is 7.95. The molecule has 1 aromatic carbocycles. The third-order valence-electron chi connectivity index (χ3n) is 3.80. The molecule has 0 saturated heterocycles. The minimum atomic E-state index is -4.75. The van der Waals surface area contributed by atoms with Crippen LogP contribution in [0.3, 0.4) is 0 Å². The molecule has 0 aliphatic heterocycles. The molecule has 7 nitrogen and oxygen atoms in total. The van der Waals surface area contributed by atoms with E-state index in [4.69, 9.17) is 4.42 Å². The van der Waals surface area contributed by atoms with Crippen molar-refractivity contribution < 1.29 is 35.9 Å². The molecule has 0 saturated carbocycles. The molecule has 11 heteroatoms. The van der Waals surface area contributed by atoms with Crippen LogP contribution in [-0.4, -0.2) is 19.6 Å². The molecule has 1 aromatic heterocycles. The Bertz CT molecular complexity index is 1000. The molecule has 3 N–H and O–H groups in total. The maximum Gasteiger partial charge on any atom is 0.418 e. The lowest BCUT2D eigenvalue weighted by atomic mass is 10.0. The quantitative estimate of drug-likeness (QED) is 0.700. The minimum Gasteiger partial charge on any atom is -0.451 e. The van der Waals surface area contributed by atoms with Crippen LogP contribution in [0.25, 0.3) is 0 Å². The molecule has 2 rings (SSSR count). The van der Waals surface area contributed by atoms with Crippen LogP contribution in [0.5, 0.6) is 0 Å². The van der Waals surface area contributed by atoms with Crippen molar-refractivity contribution in [1.29, 1.82) is 0 Å². The van der Waals surface area contributed by atoms with Crippen LogP contribution in [-0.2, 0) is 21.8 Å². The molecule has 1 heterocycles. The third kappa shape index (κ3) is 4.84. The van der Waals surface area contributed by atoms with Gasteiger partial charge in [0.15, 0.2) is 0 Å². The zero-order valence-corrected chi connectivity index (χ0v) is 16.2. The van der Waals surface area contributed by atoms with Crippen molar-refractivity contribution in [2.24, 2.45) is 0 Å². The summed E-state index contributed by atoms with van der Waals surface area (Å²) in [5.41, 5.74) is -2.45. The summed E-state index contributed by atoms with van der Waals surface area (Å²) in [6.45, 7) is 5.61. The second-order valence-corrected chi connectivity index (χ2v) is 8.39. The first kappa shape index (κ1) is 21.8. The molecule has 0 unspecified atom stereocenters. The Labute approximate surface area is 159 Å². The number of carbonyl (C=O) groups excluding carboxylic acids is 1. The monoisotopic (exact) mass is 420 g/mol. The highest BCUT2D eigenvalue weighted by molar-refractivity contribution is 7.89. The fourth-order valence-corrected chi connectivity index (χ4v) is 3.30. The second-order valence-electron chi connectivity index (χ2n) is 6.78. The van der Waals surface area contributed by atoms with Crippen LogP contribution in [0, 0.1) is 13.8 Å². The number of aliphatic hydroxyl groups is 1. The molecule has 0 spiro atoms. The second kappa shape index (κ2) is 7.13. The van der Waals surface area contributed by atoms with Gasteiger partial charge < -0.3 is 14.8 Å². The predicted molar refractivity (Wildman–Crippen MR) is 94.2 cm³/mol. The summed E-state index contributed by atoms with van der Waals surface area (Å²) in [7, 11) is -4.51. The van der Waals surface area contributed by atoms with E-state index in [1.807, 2.05) is 5.32 Å². The third-order valence-corrected chi connectivity index (χ3v) is 5.00. The van der Waals surface area contributed by atoms with Crippen molar-refractivity contribution in [3.05, 3.63) is 46.7 Å². The molecule has 0 aliphatic rings. The minimum absolute atomic E-state index is 0.113. The molecule has 0 radical (unpaired) electrons. The van der Waals surface area contributed by atoms with Gasteiger partial charge in [0.25, 0.3) is 10.0 Å². The maximum absolute atomic E-state index is 13.2. The molecule has 2 aromatic rings. The number of sulfonamides is 1. The molecule has 154 valence electrons. The van der Waals surface area contributed by atoms with Gasteiger partial charge in [-0.2, -0.15) is 21.6 Å². The smallest absolute Gasteiger partial charge is 0.418 e. The van der Waals surface area contributed by atoms with Gasteiger partial charge in [0.1, 0.15) is 0 Å². The number of rotatable bonds is 4. The standard InChI is InChI=1S/C17H19F3N2O5S/c1-9-5-10(2)14(12(6-9)17(18,19)20)21-15(23)22-28(25,26)13-7-11(8-27-13)16(3,4)24/h5-8,24H,1-4H3,(H2,21,22,23). The van der Waals surface area contributed by atoms with Crippen LogP contribution in [0.2, 0.25) is 0 Å². The normalized spacial score (nSPS) is 12.7. The first-order valence-corrected chi connectivity index (χ1v) is 9.43. The van der Waals surface area contributed by atoms with E-state index in [2.05, 4.69) is 0 Å². The summed E-state index contributed by atoms with van der Waals surface area (Å²) in [5.74, 6) is 0. The van der Waals surface area contributed by atoms with Gasteiger partial charge in [-0.1, -0.05) is 11.6 Å². The maximum atomic E-state index is 13.2. The van der Waals surface area contributed by atoms with E-state index in [1.165, 1.54) is 33.8 Å². The summed E-state index contributed by atoms with van der Waals surface area (Å²) in [4.78, 5) is 12.1. The van der Waals surface area contributed by atoms with Crippen molar-refractivity contribution >= 4 is 21.7 Å². The number of nitrogens with one attached hydrogen (secondary N) is 2. The fourth-order valence-electron chi connectivity index (χ4n) is 2.45. The first-order chi connectivity index (χ1) is 12.6. The number of furan rings is 1. The van der Waals surface area contributed by atoms with Crippen molar-refractivity contribution in [1.82, 2.24) is 4.72 Å². The molecule has 28 heavy (non-hydrogen) atoms. The summed E-state index contributed by atoms with van der Waals surface area (Å²) in [5, 5.41) is 11.1. The average molecular weight is 420 g/mol. The van der Waals surface area contributed by atoms with Crippen molar-refractivity contribution in [2.45, 2.75) is 44.6 Å². The number of anilines is 1. The summed E-state index contributed by atoms with van der Waals surface area (Å²) < 4.78 is 70.6. The number of hydrogen-bond acceptors (Lipinski definition) is 5. The molecule has 0 aliphatic carbocycles. The Hall–Kier alpha value is -2.53. The Balaban J connectivity index is 2.28. The van der Waals surface area contributed by atoms with E-state index >= 15 is 0 Å². The van der Waals surface area contributed by atoms with Gasteiger partial charge in [-0.25, -0.2) is 9.52 Å². The van der Waals surface area contributed by atoms with Crippen molar-refractivity contribution in [2.75, 3.05) is 5.32 Å². The number of alkyl halides is 3. The highest BCUT2D eigenvalue weighted by Crippen LogP contribution is 2.37. The number of halogens is 3. The Morgan fingerprint density at radius 3 is 2.25 bits per heavy atom. The molecular formula is C17H19F3N2O5S. The van der Waals surface area contributed by atoms with E-state index in [0.717, 1.165) is 18.4 Å². The Morgan fingerprint density at radius 2 is 1.75 bits per heavy atom. The lowest BCUT2D eigenvalue weighted by Gasteiger charge is -2.17. The van der Waals surface area contributed by atoms with Crippen LogP contribution in [0.1, 0.15) is 36.1 Å².